The first-order valence-electron chi connectivity index (χ1n) is 6.88. The van der Waals surface area contributed by atoms with Crippen LogP contribution in [0.15, 0.2) is 0 Å². The molecule has 5 heteroatoms. The van der Waals surface area contributed by atoms with Crippen molar-refractivity contribution in [1.82, 2.24) is 10.2 Å². The minimum atomic E-state index is -0.904. The zero-order valence-electron chi connectivity index (χ0n) is 10.9. The van der Waals surface area contributed by atoms with Crippen molar-refractivity contribution in [2.75, 3.05) is 13.1 Å². The average molecular weight is 254 g/mol. The molecule has 1 heterocycles. The first-order chi connectivity index (χ1) is 8.61. The number of piperazine rings is 1. The van der Waals surface area contributed by atoms with Crippen LogP contribution >= 0.6 is 0 Å². The number of carboxylic acid groups (broad SMARTS) is 1. The van der Waals surface area contributed by atoms with Crippen molar-refractivity contribution in [2.45, 2.75) is 51.1 Å². The van der Waals surface area contributed by atoms with Gasteiger partial charge in [0.1, 0.15) is 6.04 Å². The van der Waals surface area contributed by atoms with E-state index < -0.39 is 12.0 Å². The maximum absolute atomic E-state index is 12.4. The minimum absolute atomic E-state index is 0.0471. The van der Waals surface area contributed by atoms with Crippen LogP contribution in [0, 0.1) is 5.92 Å². The van der Waals surface area contributed by atoms with E-state index in [0.717, 1.165) is 25.7 Å². The molecule has 18 heavy (non-hydrogen) atoms. The minimum Gasteiger partial charge on any atom is -0.480 e. The summed E-state index contributed by atoms with van der Waals surface area (Å²) in [7, 11) is 0. The fourth-order valence-corrected chi connectivity index (χ4v) is 3.11. The Labute approximate surface area is 108 Å². The molecule has 0 spiro atoms. The highest BCUT2D eigenvalue weighted by molar-refractivity contribution is 5.86. The van der Waals surface area contributed by atoms with E-state index in [1.54, 1.807) is 4.90 Å². The van der Waals surface area contributed by atoms with Crippen LogP contribution in [0.4, 0.5) is 0 Å². The summed E-state index contributed by atoms with van der Waals surface area (Å²) in [6.07, 6.45) is 5.22. The third-order valence-corrected chi connectivity index (χ3v) is 4.12. The molecule has 2 atom stereocenters. The van der Waals surface area contributed by atoms with Gasteiger partial charge >= 0.3 is 5.97 Å². The molecule has 0 aromatic heterocycles. The summed E-state index contributed by atoms with van der Waals surface area (Å²) in [5.74, 6) is -0.805. The molecule has 1 saturated heterocycles. The van der Waals surface area contributed by atoms with Gasteiger partial charge < -0.3 is 15.3 Å². The standard InChI is InChI=1S/C13H22N2O3/c1-9-11(13(17)18)15(8-7-14-9)12(16)10-5-3-2-4-6-10/h9-11,14H,2-8H2,1H3,(H,17,18). The Balaban J connectivity index is 2.08. The number of nitrogens with one attached hydrogen (secondary N) is 1. The topological polar surface area (TPSA) is 69.6 Å². The lowest BCUT2D eigenvalue weighted by molar-refractivity contribution is -0.155. The molecule has 1 saturated carbocycles. The summed E-state index contributed by atoms with van der Waals surface area (Å²) in [4.78, 5) is 25.4. The van der Waals surface area contributed by atoms with Crippen LogP contribution in [-0.2, 0) is 9.59 Å². The van der Waals surface area contributed by atoms with E-state index in [4.69, 9.17) is 0 Å². The van der Waals surface area contributed by atoms with Gasteiger partial charge in [-0.1, -0.05) is 19.3 Å². The van der Waals surface area contributed by atoms with E-state index in [9.17, 15) is 14.7 Å². The lowest BCUT2D eigenvalue weighted by atomic mass is 9.87. The normalized spacial score (nSPS) is 30.2. The van der Waals surface area contributed by atoms with Gasteiger partial charge in [-0.3, -0.25) is 4.79 Å². The number of amides is 1. The molecule has 2 N–H and O–H groups in total. The van der Waals surface area contributed by atoms with E-state index >= 15 is 0 Å². The van der Waals surface area contributed by atoms with E-state index in [0.29, 0.717) is 13.1 Å². The second-order valence-electron chi connectivity index (χ2n) is 5.39. The van der Waals surface area contributed by atoms with Crippen molar-refractivity contribution in [1.29, 1.82) is 0 Å². The van der Waals surface area contributed by atoms with Crippen LogP contribution in [0.2, 0.25) is 0 Å². The van der Waals surface area contributed by atoms with Crippen LogP contribution in [0.1, 0.15) is 39.0 Å². The Hall–Kier alpha value is -1.10. The number of nitrogens with zero attached hydrogens (tertiary/aromatic N) is 1. The number of hydrogen-bond donors (Lipinski definition) is 2. The molecule has 2 fully saturated rings. The SMILES string of the molecule is CC1NCCN(C(=O)C2CCCCC2)C1C(=O)O. The first-order valence-corrected chi connectivity index (χ1v) is 6.88. The molecule has 0 aromatic carbocycles. The highest BCUT2D eigenvalue weighted by Gasteiger charge is 2.39. The van der Waals surface area contributed by atoms with Crippen molar-refractivity contribution < 1.29 is 14.7 Å². The summed E-state index contributed by atoms with van der Waals surface area (Å²) < 4.78 is 0. The molecule has 1 aliphatic heterocycles. The number of carboxylic acids is 1. The van der Waals surface area contributed by atoms with Crippen LogP contribution in [0.3, 0.4) is 0 Å². The van der Waals surface area contributed by atoms with Crippen LogP contribution in [0.25, 0.3) is 0 Å². The van der Waals surface area contributed by atoms with Crippen molar-refractivity contribution in [3.63, 3.8) is 0 Å². The van der Waals surface area contributed by atoms with E-state index in [-0.39, 0.29) is 17.9 Å². The molecular weight excluding hydrogens is 232 g/mol. The maximum atomic E-state index is 12.4. The Bertz CT molecular complexity index is 326. The Morgan fingerprint density at radius 1 is 1.22 bits per heavy atom. The Morgan fingerprint density at radius 3 is 2.50 bits per heavy atom. The first kappa shape index (κ1) is 13.3. The van der Waals surface area contributed by atoms with Gasteiger partial charge in [-0.2, -0.15) is 0 Å². The Kier molecular flexibility index (Phi) is 4.22. The lowest BCUT2D eigenvalue weighted by Crippen LogP contribution is -2.62. The number of carbonyl (C=O) groups excluding carboxylic acids is 1. The fraction of sp³-hybridized carbons (Fsp3) is 0.846. The second-order valence-corrected chi connectivity index (χ2v) is 5.39. The number of rotatable bonds is 2. The Morgan fingerprint density at radius 2 is 1.89 bits per heavy atom. The van der Waals surface area contributed by atoms with Gasteiger partial charge in [0, 0.05) is 25.0 Å². The van der Waals surface area contributed by atoms with Crippen molar-refractivity contribution in [3.05, 3.63) is 0 Å². The molecule has 1 aliphatic carbocycles. The van der Waals surface area contributed by atoms with Crippen LogP contribution in [-0.4, -0.2) is 47.1 Å². The van der Waals surface area contributed by atoms with Gasteiger partial charge in [-0.25, -0.2) is 4.79 Å². The summed E-state index contributed by atoms with van der Waals surface area (Å²) >= 11 is 0. The molecular formula is C13H22N2O3. The van der Waals surface area contributed by atoms with Gasteiger partial charge in [-0.15, -0.1) is 0 Å². The average Bonchev–Trinajstić information content (AvgIpc) is 2.38. The summed E-state index contributed by atoms with van der Waals surface area (Å²) in [5.41, 5.74) is 0. The number of hydrogen-bond acceptors (Lipinski definition) is 3. The van der Waals surface area contributed by atoms with Gasteiger partial charge in [0.2, 0.25) is 5.91 Å². The van der Waals surface area contributed by atoms with Gasteiger partial charge in [0.05, 0.1) is 0 Å². The predicted molar refractivity (Wildman–Crippen MR) is 67.2 cm³/mol. The highest BCUT2D eigenvalue weighted by Crippen LogP contribution is 2.27. The highest BCUT2D eigenvalue weighted by atomic mass is 16.4. The van der Waals surface area contributed by atoms with E-state index in [1.165, 1.54) is 6.42 Å². The van der Waals surface area contributed by atoms with Crippen molar-refractivity contribution in [2.24, 2.45) is 5.92 Å². The molecule has 5 nitrogen and oxygen atoms in total. The van der Waals surface area contributed by atoms with Crippen molar-refractivity contribution >= 4 is 11.9 Å². The maximum Gasteiger partial charge on any atom is 0.328 e. The van der Waals surface area contributed by atoms with Crippen LogP contribution < -0.4 is 5.32 Å². The zero-order chi connectivity index (χ0) is 13.1. The molecule has 2 aliphatic rings. The van der Waals surface area contributed by atoms with E-state index in [2.05, 4.69) is 5.32 Å². The summed E-state index contributed by atoms with van der Waals surface area (Å²) in [6, 6.07) is -0.892. The lowest BCUT2D eigenvalue weighted by Gasteiger charge is -2.40. The molecule has 0 aromatic rings. The predicted octanol–water partition coefficient (Wildman–Crippen LogP) is 0.840. The second kappa shape index (κ2) is 5.69. The van der Waals surface area contributed by atoms with Gasteiger partial charge in [0.25, 0.3) is 0 Å². The largest absolute Gasteiger partial charge is 0.480 e. The smallest absolute Gasteiger partial charge is 0.328 e. The molecule has 2 rings (SSSR count). The number of aliphatic carboxylic acids is 1. The monoisotopic (exact) mass is 254 g/mol. The molecule has 2 unspecified atom stereocenters. The quantitative estimate of drug-likeness (QED) is 0.766. The zero-order valence-corrected chi connectivity index (χ0v) is 10.9. The summed E-state index contributed by atoms with van der Waals surface area (Å²) in [6.45, 7) is 3.03. The van der Waals surface area contributed by atoms with Gasteiger partial charge in [-0.05, 0) is 19.8 Å². The van der Waals surface area contributed by atoms with Crippen LogP contribution in [0.5, 0.6) is 0 Å². The molecule has 0 radical (unpaired) electrons. The third kappa shape index (κ3) is 2.66. The fourth-order valence-electron chi connectivity index (χ4n) is 3.11. The third-order valence-electron chi connectivity index (χ3n) is 4.12. The molecule has 0 bridgehead atoms. The number of carbonyl (C=O) groups is 2. The van der Waals surface area contributed by atoms with E-state index in [1.807, 2.05) is 6.92 Å². The van der Waals surface area contributed by atoms with Crippen molar-refractivity contribution in [3.8, 4) is 0 Å². The summed E-state index contributed by atoms with van der Waals surface area (Å²) in [5, 5.41) is 12.4. The molecule has 1 amide bonds. The molecule has 102 valence electrons. The van der Waals surface area contributed by atoms with Gasteiger partial charge in [0.15, 0.2) is 0 Å².